The largest absolute Gasteiger partial charge is 0.341 e. The fourth-order valence-corrected chi connectivity index (χ4v) is 2.91. The number of hydrogen-bond acceptors (Lipinski definition) is 3. The van der Waals surface area contributed by atoms with Crippen LogP contribution in [0.15, 0.2) is 79.1 Å². The van der Waals surface area contributed by atoms with Gasteiger partial charge >= 0.3 is 6.03 Å². The Balaban J connectivity index is 1.74. The third-order valence-electron chi connectivity index (χ3n) is 4.27. The molecule has 0 bridgehead atoms. The second-order valence-corrected chi connectivity index (χ2v) is 6.93. The molecule has 0 fully saturated rings. The summed E-state index contributed by atoms with van der Waals surface area (Å²) in [7, 11) is 0. The van der Waals surface area contributed by atoms with E-state index in [9.17, 15) is 9.59 Å². The zero-order valence-electron chi connectivity index (χ0n) is 16.4. The first-order valence-electron chi connectivity index (χ1n) is 9.46. The van der Waals surface area contributed by atoms with E-state index in [0.717, 1.165) is 11.1 Å². The number of carbonyl (C=O) groups is 2. The van der Waals surface area contributed by atoms with Crippen LogP contribution in [0.2, 0.25) is 0 Å². The van der Waals surface area contributed by atoms with Crippen LogP contribution in [-0.2, 0) is 0 Å². The summed E-state index contributed by atoms with van der Waals surface area (Å²) in [5, 5.41) is 8.59. The van der Waals surface area contributed by atoms with E-state index in [4.69, 9.17) is 0 Å². The van der Waals surface area contributed by atoms with Crippen molar-refractivity contribution >= 4 is 17.6 Å². The highest BCUT2D eigenvalue weighted by molar-refractivity contribution is 5.96. The summed E-state index contributed by atoms with van der Waals surface area (Å²) in [4.78, 5) is 28.7. The highest BCUT2D eigenvalue weighted by Gasteiger charge is 2.17. The third kappa shape index (κ3) is 5.65. The summed E-state index contributed by atoms with van der Waals surface area (Å²) < 4.78 is 0. The van der Waals surface area contributed by atoms with Gasteiger partial charge < -0.3 is 16.0 Å². The molecule has 1 heterocycles. The molecule has 29 heavy (non-hydrogen) atoms. The van der Waals surface area contributed by atoms with Crippen LogP contribution in [0.5, 0.6) is 0 Å². The fraction of sp³-hybridized carbons (Fsp3) is 0.174. The van der Waals surface area contributed by atoms with Crippen molar-refractivity contribution in [2.45, 2.75) is 25.9 Å². The molecule has 148 valence electrons. The number of benzene rings is 2. The molecule has 2 aromatic carbocycles. The van der Waals surface area contributed by atoms with E-state index in [-0.39, 0.29) is 24.0 Å². The van der Waals surface area contributed by atoms with Gasteiger partial charge in [0.2, 0.25) is 0 Å². The van der Waals surface area contributed by atoms with Crippen molar-refractivity contribution in [2.24, 2.45) is 0 Å². The Morgan fingerprint density at radius 1 is 0.793 bits per heavy atom. The molecule has 0 aliphatic carbocycles. The molecule has 0 radical (unpaired) electrons. The van der Waals surface area contributed by atoms with Gasteiger partial charge in [0.05, 0.1) is 6.04 Å². The molecule has 0 aliphatic heterocycles. The number of pyridine rings is 1. The number of rotatable bonds is 6. The lowest BCUT2D eigenvalue weighted by Gasteiger charge is -2.20. The monoisotopic (exact) mass is 388 g/mol. The lowest BCUT2D eigenvalue weighted by atomic mass is 9.99. The molecule has 0 aliphatic rings. The SMILES string of the molecule is CC(C)NC(=O)Nc1ccc(C(=O)NC(c2ccccc2)c2ccncc2)cc1. The Labute approximate surface area is 170 Å². The molecule has 1 aromatic heterocycles. The average molecular weight is 388 g/mol. The number of urea groups is 1. The van der Waals surface area contributed by atoms with Gasteiger partial charge in [-0.2, -0.15) is 0 Å². The molecule has 3 N–H and O–H groups in total. The Kier molecular flexibility index (Phi) is 6.58. The molecule has 6 nitrogen and oxygen atoms in total. The first-order chi connectivity index (χ1) is 14.0. The maximum Gasteiger partial charge on any atom is 0.319 e. The Bertz CT molecular complexity index is 902. The van der Waals surface area contributed by atoms with E-state index >= 15 is 0 Å². The number of anilines is 1. The van der Waals surface area contributed by atoms with Crippen LogP contribution in [0, 0.1) is 0 Å². The van der Waals surface area contributed by atoms with Gasteiger partial charge in [-0.3, -0.25) is 9.78 Å². The molecule has 1 unspecified atom stereocenters. The van der Waals surface area contributed by atoms with E-state index in [1.165, 1.54) is 0 Å². The maximum absolute atomic E-state index is 12.9. The minimum atomic E-state index is -0.290. The van der Waals surface area contributed by atoms with Crippen LogP contribution in [0.4, 0.5) is 10.5 Å². The topological polar surface area (TPSA) is 83.1 Å². The zero-order chi connectivity index (χ0) is 20.6. The zero-order valence-corrected chi connectivity index (χ0v) is 16.4. The summed E-state index contributed by atoms with van der Waals surface area (Å²) in [5.74, 6) is -0.200. The van der Waals surface area contributed by atoms with Crippen molar-refractivity contribution in [3.05, 3.63) is 95.8 Å². The van der Waals surface area contributed by atoms with Crippen molar-refractivity contribution in [3.63, 3.8) is 0 Å². The number of carbonyl (C=O) groups excluding carboxylic acids is 2. The van der Waals surface area contributed by atoms with Crippen LogP contribution in [0.25, 0.3) is 0 Å². The molecule has 3 rings (SSSR count). The molecular weight excluding hydrogens is 364 g/mol. The van der Waals surface area contributed by atoms with Gasteiger partial charge in [0.25, 0.3) is 5.91 Å². The number of nitrogens with zero attached hydrogens (tertiary/aromatic N) is 1. The average Bonchev–Trinajstić information content (AvgIpc) is 2.73. The van der Waals surface area contributed by atoms with E-state index in [1.54, 1.807) is 36.7 Å². The molecule has 0 saturated heterocycles. The van der Waals surface area contributed by atoms with Gasteiger partial charge in [-0.1, -0.05) is 30.3 Å². The van der Waals surface area contributed by atoms with Gasteiger partial charge in [-0.15, -0.1) is 0 Å². The highest BCUT2D eigenvalue weighted by Crippen LogP contribution is 2.22. The normalized spacial score (nSPS) is 11.6. The van der Waals surface area contributed by atoms with Crippen LogP contribution in [-0.4, -0.2) is 23.0 Å². The van der Waals surface area contributed by atoms with Crippen molar-refractivity contribution in [1.82, 2.24) is 15.6 Å². The van der Waals surface area contributed by atoms with Gasteiger partial charge in [0, 0.05) is 29.7 Å². The van der Waals surface area contributed by atoms with Crippen molar-refractivity contribution < 1.29 is 9.59 Å². The standard InChI is InChI=1S/C23H24N4O2/c1-16(2)25-23(29)26-20-10-8-19(9-11-20)22(28)27-21(17-6-4-3-5-7-17)18-12-14-24-15-13-18/h3-16,21H,1-2H3,(H,27,28)(H2,25,26,29). The number of nitrogens with one attached hydrogen (secondary N) is 3. The lowest BCUT2D eigenvalue weighted by Crippen LogP contribution is -2.34. The third-order valence-corrected chi connectivity index (χ3v) is 4.27. The van der Waals surface area contributed by atoms with Crippen molar-refractivity contribution in [1.29, 1.82) is 0 Å². The van der Waals surface area contributed by atoms with Gasteiger partial charge in [-0.25, -0.2) is 4.79 Å². The Morgan fingerprint density at radius 3 is 2.03 bits per heavy atom. The molecule has 0 saturated carbocycles. The molecule has 3 amide bonds. The van der Waals surface area contributed by atoms with E-state index < -0.39 is 0 Å². The van der Waals surface area contributed by atoms with E-state index in [2.05, 4.69) is 20.9 Å². The van der Waals surface area contributed by atoms with Gasteiger partial charge in [0.15, 0.2) is 0 Å². The summed E-state index contributed by atoms with van der Waals surface area (Å²) in [6.45, 7) is 3.78. The first-order valence-corrected chi connectivity index (χ1v) is 9.46. The molecule has 1 atom stereocenters. The van der Waals surface area contributed by atoms with E-state index in [1.807, 2.05) is 56.3 Å². The van der Waals surface area contributed by atoms with Gasteiger partial charge in [0.1, 0.15) is 0 Å². The predicted octanol–water partition coefficient (Wildman–Crippen LogP) is 4.13. The quantitative estimate of drug-likeness (QED) is 0.594. The van der Waals surface area contributed by atoms with Crippen molar-refractivity contribution in [2.75, 3.05) is 5.32 Å². The highest BCUT2D eigenvalue weighted by atomic mass is 16.2. The van der Waals surface area contributed by atoms with Crippen LogP contribution < -0.4 is 16.0 Å². The summed E-state index contributed by atoms with van der Waals surface area (Å²) >= 11 is 0. The van der Waals surface area contributed by atoms with E-state index in [0.29, 0.717) is 11.3 Å². The minimum absolute atomic E-state index is 0.0446. The minimum Gasteiger partial charge on any atom is -0.341 e. The number of amides is 3. The second kappa shape index (κ2) is 9.50. The summed E-state index contributed by atoms with van der Waals surface area (Å²) in [6.07, 6.45) is 3.42. The second-order valence-electron chi connectivity index (χ2n) is 6.93. The van der Waals surface area contributed by atoms with Gasteiger partial charge in [-0.05, 0) is 61.4 Å². The Morgan fingerprint density at radius 2 is 1.41 bits per heavy atom. The van der Waals surface area contributed by atoms with Crippen molar-refractivity contribution in [3.8, 4) is 0 Å². The fourth-order valence-electron chi connectivity index (χ4n) is 2.91. The summed E-state index contributed by atoms with van der Waals surface area (Å²) in [6, 6.07) is 19.8. The molecular formula is C23H24N4O2. The first kappa shape index (κ1) is 20.1. The van der Waals surface area contributed by atoms with Crippen LogP contribution in [0.1, 0.15) is 41.4 Å². The van der Waals surface area contributed by atoms with Crippen LogP contribution >= 0.6 is 0 Å². The molecule has 0 spiro atoms. The predicted molar refractivity (Wildman–Crippen MR) is 114 cm³/mol. The number of hydrogen-bond donors (Lipinski definition) is 3. The van der Waals surface area contributed by atoms with Crippen LogP contribution in [0.3, 0.4) is 0 Å². The maximum atomic E-state index is 12.9. The number of aromatic nitrogens is 1. The molecule has 6 heteroatoms. The smallest absolute Gasteiger partial charge is 0.319 e. The summed E-state index contributed by atoms with van der Waals surface area (Å²) in [5.41, 5.74) is 3.06. The lowest BCUT2D eigenvalue weighted by molar-refractivity contribution is 0.0943. The Hall–Kier alpha value is -3.67. The molecule has 3 aromatic rings.